The van der Waals surface area contributed by atoms with Crippen molar-refractivity contribution in [2.75, 3.05) is 0 Å². The molecule has 2 aromatic carbocycles. The SMILES string of the molecule is CC1(C2(C)[C@@H]3C(c4ccccc4)=NN=C(c4ccccc4)[C@@H]32)C=C1. The minimum atomic E-state index is 0.173. The molecule has 2 heteroatoms. The first-order valence-electron chi connectivity index (χ1n) is 8.62. The predicted octanol–water partition coefficient (Wildman–Crippen LogP) is 4.72. The Hall–Kier alpha value is -2.48. The van der Waals surface area contributed by atoms with Gasteiger partial charge in [0.2, 0.25) is 0 Å². The quantitative estimate of drug-likeness (QED) is 0.733. The molecule has 1 saturated carbocycles. The van der Waals surface area contributed by atoms with Crippen molar-refractivity contribution in [2.24, 2.45) is 32.9 Å². The Morgan fingerprint density at radius 3 is 1.46 bits per heavy atom. The summed E-state index contributed by atoms with van der Waals surface area (Å²) in [6.07, 6.45) is 4.69. The molecule has 0 bridgehead atoms. The molecule has 1 fully saturated rings. The average molecular weight is 312 g/mol. The van der Waals surface area contributed by atoms with Gasteiger partial charge in [-0.15, -0.1) is 0 Å². The van der Waals surface area contributed by atoms with Gasteiger partial charge in [0.05, 0.1) is 11.4 Å². The summed E-state index contributed by atoms with van der Waals surface area (Å²) in [6, 6.07) is 21.1. The average Bonchev–Trinajstić information content (AvgIpc) is 3.54. The Morgan fingerprint density at radius 2 is 1.08 bits per heavy atom. The fourth-order valence-corrected chi connectivity index (χ4v) is 4.48. The van der Waals surface area contributed by atoms with Gasteiger partial charge in [0.15, 0.2) is 0 Å². The van der Waals surface area contributed by atoms with E-state index in [0.29, 0.717) is 11.8 Å². The summed E-state index contributed by atoms with van der Waals surface area (Å²) in [5.74, 6) is 0.875. The number of fused-ring (bicyclic) bond motifs is 1. The highest BCUT2D eigenvalue weighted by atomic mass is 15.2. The third-order valence-corrected chi connectivity index (χ3v) is 6.34. The van der Waals surface area contributed by atoms with Crippen LogP contribution in [-0.4, -0.2) is 11.4 Å². The topological polar surface area (TPSA) is 24.7 Å². The first kappa shape index (κ1) is 13.9. The van der Waals surface area contributed by atoms with Gasteiger partial charge in [0, 0.05) is 17.3 Å². The summed E-state index contributed by atoms with van der Waals surface area (Å²) in [5, 5.41) is 9.39. The third kappa shape index (κ3) is 1.71. The van der Waals surface area contributed by atoms with Crippen molar-refractivity contribution in [1.82, 2.24) is 0 Å². The van der Waals surface area contributed by atoms with E-state index < -0.39 is 0 Å². The summed E-state index contributed by atoms with van der Waals surface area (Å²) in [7, 11) is 0. The second kappa shape index (κ2) is 4.54. The Kier molecular flexibility index (Phi) is 2.63. The van der Waals surface area contributed by atoms with Crippen LogP contribution >= 0.6 is 0 Å². The summed E-state index contributed by atoms with van der Waals surface area (Å²) in [4.78, 5) is 0. The van der Waals surface area contributed by atoms with Gasteiger partial charge in [-0.2, -0.15) is 10.2 Å². The van der Waals surface area contributed by atoms with E-state index in [4.69, 9.17) is 10.2 Å². The largest absolute Gasteiger partial charge is 0.154 e. The van der Waals surface area contributed by atoms with Crippen molar-refractivity contribution in [1.29, 1.82) is 0 Å². The second-order valence-electron chi connectivity index (χ2n) is 7.56. The molecule has 118 valence electrons. The van der Waals surface area contributed by atoms with Crippen molar-refractivity contribution in [3.05, 3.63) is 83.9 Å². The van der Waals surface area contributed by atoms with Crippen LogP contribution in [-0.2, 0) is 0 Å². The molecule has 2 nitrogen and oxygen atoms in total. The zero-order valence-electron chi connectivity index (χ0n) is 14.0. The molecule has 0 radical (unpaired) electrons. The number of rotatable bonds is 3. The molecule has 2 aliphatic carbocycles. The molecule has 3 aliphatic rings. The van der Waals surface area contributed by atoms with Gasteiger partial charge in [0.25, 0.3) is 0 Å². The number of nitrogens with zero attached hydrogens (tertiary/aromatic N) is 2. The van der Waals surface area contributed by atoms with Crippen LogP contribution < -0.4 is 0 Å². The summed E-state index contributed by atoms with van der Waals surface area (Å²) < 4.78 is 0. The molecule has 5 rings (SSSR count). The van der Waals surface area contributed by atoms with Crippen molar-refractivity contribution in [2.45, 2.75) is 13.8 Å². The Balaban J connectivity index is 1.64. The lowest BCUT2D eigenvalue weighted by molar-refractivity contribution is 0.354. The predicted molar refractivity (Wildman–Crippen MR) is 98.3 cm³/mol. The van der Waals surface area contributed by atoms with Crippen LogP contribution in [0.3, 0.4) is 0 Å². The molecule has 0 aromatic heterocycles. The molecule has 0 amide bonds. The first-order valence-corrected chi connectivity index (χ1v) is 8.62. The lowest BCUT2D eigenvalue weighted by Crippen LogP contribution is -2.19. The van der Waals surface area contributed by atoms with Crippen LogP contribution in [0.25, 0.3) is 0 Å². The fourth-order valence-electron chi connectivity index (χ4n) is 4.48. The lowest BCUT2D eigenvalue weighted by atomic mass is 9.81. The van der Waals surface area contributed by atoms with Gasteiger partial charge in [-0.25, -0.2) is 0 Å². The van der Waals surface area contributed by atoms with E-state index in [9.17, 15) is 0 Å². The summed E-state index contributed by atoms with van der Waals surface area (Å²) >= 11 is 0. The molecule has 1 unspecified atom stereocenters. The van der Waals surface area contributed by atoms with Crippen LogP contribution in [0.2, 0.25) is 0 Å². The van der Waals surface area contributed by atoms with E-state index in [2.05, 4.69) is 86.7 Å². The summed E-state index contributed by atoms with van der Waals surface area (Å²) in [5.41, 5.74) is 5.08. The van der Waals surface area contributed by atoms with Gasteiger partial charge in [0.1, 0.15) is 0 Å². The highest BCUT2D eigenvalue weighted by molar-refractivity contribution is 6.16. The summed E-state index contributed by atoms with van der Waals surface area (Å²) in [6.45, 7) is 4.75. The van der Waals surface area contributed by atoms with E-state index in [1.165, 1.54) is 11.1 Å². The molecular formula is C22H20N2. The molecule has 24 heavy (non-hydrogen) atoms. The molecule has 0 saturated heterocycles. The van der Waals surface area contributed by atoms with Crippen LogP contribution in [0.5, 0.6) is 0 Å². The van der Waals surface area contributed by atoms with E-state index in [-0.39, 0.29) is 10.8 Å². The zero-order valence-corrected chi connectivity index (χ0v) is 14.0. The maximum atomic E-state index is 4.69. The van der Waals surface area contributed by atoms with Crippen molar-refractivity contribution >= 4 is 11.4 Å². The fraction of sp³-hybridized carbons (Fsp3) is 0.273. The minimum Gasteiger partial charge on any atom is -0.154 e. The standard InChI is InChI=1S/C22H20N2/c1-21(13-14-21)22(2)17-18(22)20(16-11-7-4-8-12-16)24-23-19(17)15-9-5-3-6-10-15/h3-14,17-18H,1-2H3/t17-,18+,22?. The van der Waals surface area contributed by atoms with Crippen molar-refractivity contribution < 1.29 is 0 Å². The molecular weight excluding hydrogens is 292 g/mol. The smallest absolute Gasteiger partial charge is 0.0746 e. The van der Waals surface area contributed by atoms with Gasteiger partial charge >= 0.3 is 0 Å². The second-order valence-corrected chi connectivity index (χ2v) is 7.56. The highest BCUT2D eigenvalue weighted by Crippen LogP contribution is 2.74. The maximum Gasteiger partial charge on any atom is 0.0746 e. The van der Waals surface area contributed by atoms with Gasteiger partial charge in [-0.1, -0.05) is 86.7 Å². The number of allylic oxidation sites excluding steroid dienone is 2. The van der Waals surface area contributed by atoms with E-state index in [1.807, 2.05) is 0 Å². The molecule has 1 heterocycles. The monoisotopic (exact) mass is 312 g/mol. The van der Waals surface area contributed by atoms with Crippen LogP contribution in [0, 0.1) is 22.7 Å². The van der Waals surface area contributed by atoms with Gasteiger partial charge in [-0.05, 0) is 16.5 Å². The number of hydrogen-bond donors (Lipinski definition) is 0. The number of benzene rings is 2. The first-order chi connectivity index (χ1) is 11.7. The van der Waals surface area contributed by atoms with Crippen molar-refractivity contribution in [3.63, 3.8) is 0 Å². The van der Waals surface area contributed by atoms with E-state index in [1.54, 1.807) is 0 Å². The Bertz CT molecular complexity index is 823. The van der Waals surface area contributed by atoms with Gasteiger partial charge in [-0.3, -0.25) is 0 Å². The van der Waals surface area contributed by atoms with Crippen LogP contribution in [0.4, 0.5) is 0 Å². The van der Waals surface area contributed by atoms with E-state index >= 15 is 0 Å². The molecule has 0 N–H and O–H groups in total. The molecule has 0 spiro atoms. The maximum absolute atomic E-state index is 4.69. The van der Waals surface area contributed by atoms with Crippen LogP contribution in [0.1, 0.15) is 25.0 Å². The Labute approximate surface area is 142 Å². The normalized spacial score (nSPS) is 31.8. The molecule has 3 atom stereocenters. The molecule has 1 aliphatic heterocycles. The van der Waals surface area contributed by atoms with Crippen LogP contribution in [0.15, 0.2) is 83.0 Å². The zero-order chi connectivity index (χ0) is 16.4. The lowest BCUT2D eigenvalue weighted by Gasteiger charge is -2.21. The van der Waals surface area contributed by atoms with E-state index in [0.717, 1.165) is 11.4 Å². The third-order valence-electron chi connectivity index (χ3n) is 6.34. The number of hydrogen-bond acceptors (Lipinski definition) is 2. The molecule has 2 aromatic rings. The highest BCUT2D eigenvalue weighted by Gasteiger charge is 2.74. The van der Waals surface area contributed by atoms with Crippen molar-refractivity contribution in [3.8, 4) is 0 Å². The Morgan fingerprint density at radius 1 is 0.667 bits per heavy atom. The van der Waals surface area contributed by atoms with Gasteiger partial charge < -0.3 is 0 Å². The minimum absolute atomic E-state index is 0.173.